The van der Waals surface area contributed by atoms with Crippen LogP contribution in [0.3, 0.4) is 0 Å². The van der Waals surface area contributed by atoms with Gasteiger partial charge in [0.25, 0.3) is 0 Å². The summed E-state index contributed by atoms with van der Waals surface area (Å²) < 4.78 is 5.47. The molecule has 0 radical (unpaired) electrons. The highest BCUT2D eigenvalue weighted by Gasteiger charge is 2.35. The number of hydrogen-bond acceptors (Lipinski definition) is 4. The summed E-state index contributed by atoms with van der Waals surface area (Å²) >= 11 is 0. The molecular weight excluding hydrogens is 314 g/mol. The minimum atomic E-state index is 0.0507. The van der Waals surface area contributed by atoms with Crippen molar-refractivity contribution in [3.05, 3.63) is 24.3 Å². The van der Waals surface area contributed by atoms with Crippen LogP contribution in [0.1, 0.15) is 38.5 Å². The van der Waals surface area contributed by atoms with E-state index in [9.17, 15) is 4.79 Å². The molecule has 2 aliphatic rings. The van der Waals surface area contributed by atoms with Crippen molar-refractivity contribution in [3.8, 4) is 5.75 Å². The molecule has 1 saturated heterocycles. The number of benzene rings is 1. The van der Waals surface area contributed by atoms with E-state index < -0.39 is 0 Å². The number of hydrogen-bond donors (Lipinski definition) is 1. The number of piperazine rings is 1. The zero-order chi connectivity index (χ0) is 17.7. The predicted octanol–water partition coefficient (Wildman–Crippen LogP) is 2.64. The van der Waals surface area contributed by atoms with E-state index in [-0.39, 0.29) is 11.3 Å². The SMILES string of the molecule is COc1ccccc1N1CCN(C(=O)CC2(CN)CCCCC2)CC1. The molecule has 1 aromatic carbocycles. The first-order valence-electron chi connectivity index (χ1n) is 9.53. The fraction of sp³-hybridized carbons (Fsp3) is 0.650. The lowest BCUT2D eigenvalue weighted by atomic mass is 9.71. The quantitative estimate of drug-likeness (QED) is 0.891. The summed E-state index contributed by atoms with van der Waals surface area (Å²) in [4.78, 5) is 17.2. The number of nitrogens with zero attached hydrogens (tertiary/aromatic N) is 2. The van der Waals surface area contributed by atoms with Gasteiger partial charge >= 0.3 is 0 Å². The van der Waals surface area contributed by atoms with Crippen molar-refractivity contribution in [2.24, 2.45) is 11.1 Å². The molecule has 138 valence electrons. The normalized spacial score (nSPS) is 20.4. The van der Waals surface area contributed by atoms with Gasteiger partial charge in [-0.1, -0.05) is 31.4 Å². The summed E-state index contributed by atoms with van der Waals surface area (Å²) in [7, 11) is 1.70. The Balaban J connectivity index is 1.57. The van der Waals surface area contributed by atoms with E-state index in [2.05, 4.69) is 11.0 Å². The number of methoxy groups -OCH3 is 1. The van der Waals surface area contributed by atoms with Crippen molar-refractivity contribution < 1.29 is 9.53 Å². The van der Waals surface area contributed by atoms with Crippen LogP contribution in [0.2, 0.25) is 0 Å². The van der Waals surface area contributed by atoms with E-state index in [1.807, 2.05) is 23.1 Å². The third-order valence-electron chi connectivity index (χ3n) is 5.93. The molecule has 0 atom stereocenters. The Morgan fingerprint density at radius 3 is 2.44 bits per heavy atom. The molecule has 3 rings (SSSR count). The third-order valence-corrected chi connectivity index (χ3v) is 5.93. The first kappa shape index (κ1) is 18.1. The van der Waals surface area contributed by atoms with Gasteiger partial charge in [-0.25, -0.2) is 0 Å². The second-order valence-electron chi connectivity index (χ2n) is 7.48. The minimum Gasteiger partial charge on any atom is -0.495 e. The summed E-state index contributed by atoms with van der Waals surface area (Å²) in [5.41, 5.74) is 7.22. The Labute approximate surface area is 151 Å². The van der Waals surface area contributed by atoms with E-state index in [1.54, 1.807) is 7.11 Å². The van der Waals surface area contributed by atoms with Crippen LogP contribution in [0.15, 0.2) is 24.3 Å². The summed E-state index contributed by atoms with van der Waals surface area (Å²) in [6, 6.07) is 8.09. The molecule has 1 aliphatic carbocycles. The molecule has 0 spiro atoms. The molecule has 5 nitrogen and oxygen atoms in total. The standard InChI is InChI=1S/C20H31N3O2/c1-25-18-8-4-3-7-17(18)22-11-13-23(14-12-22)19(24)15-20(16-21)9-5-2-6-10-20/h3-4,7-8H,2,5-6,9-16,21H2,1H3. The maximum Gasteiger partial charge on any atom is 0.223 e. The summed E-state index contributed by atoms with van der Waals surface area (Å²) in [6.45, 7) is 3.89. The van der Waals surface area contributed by atoms with Gasteiger partial charge in [0, 0.05) is 32.6 Å². The Kier molecular flexibility index (Phi) is 5.84. The van der Waals surface area contributed by atoms with Gasteiger partial charge in [-0.2, -0.15) is 0 Å². The fourth-order valence-corrected chi connectivity index (χ4v) is 4.28. The molecule has 2 N–H and O–H groups in total. The van der Waals surface area contributed by atoms with Gasteiger partial charge in [-0.05, 0) is 36.9 Å². The van der Waals surface area contributed by atoms with Crippen LogP contribution in [0.4, 0.5) is 5.69 Å². The number of nitrogens with two attached hydrogens (primary N) is 1. The molecule has 0 unspecified atom stereocenters. The molecule has 25 heavy (non-hydrogen) atoms. The molecule has 2 fully saturated rings. The lowest BCUT2D eigenvalue weighted by Gasteiger charge is -2.40. The summed E-state index contributed by atoms with van der Waals surface area (Å²) in [5.74, 6) is 1.18. The monoisotopic (exact) mass is 345 g/mol. The number of carbonyl (C=O) groups excluding carboxylic acids is 1. The van der Waals surface area contributed by atoms with E-state index in [4.69, 9.17) is 10.5 Å². The van der Waals surface area contributed by atoms with Crippen molar-refractivity contribution >= 4 is 11.6 Å². The number of anilines is 1. The Hall–Kier alpha value is -1.75. The summed E-state index contributed by atoms with van der Waals surface area (Å²) in [6.07, 6.45) is 6.55. The Morgan fingerprint density at radius 1 is 1.12 bits per heavy atom. The Bertz CT molecular complexity index is 576. The summed E-state index contributed by atoms with van der Waals surface area (Å²) in [5, 5.41) is 0. The Morgan fingerprint density at radius 2 is 1.80 bits per heavy atom. The number of ether oxygens (including phenoxy) is 1. The van der Waals surface area contributed by atoms with E-state index >= 15 is 0 Å². The second-order valence-corrected chi connectivity index (χ2v) is 7.48. The minimum absolute atomic E-state index is 0.0507. The zero-order valence-corrected chi connectivity index (χ0v) is 15.4. The number of rotatable bonds is 5. The van der Waals surface area contributed by atoms with Crippen LogP contribution in [-0.2, 0) is 4.79 Å². The maximum absolute atomic E-state index is 12.8. The first-order valence-corrected chi connectivity index (χ1v) is 9.53. The first-order chi connectivity index (χ1) is 12.2. The smallest absolute Gasteiger partial charge is 0.223 e. The van der Waals surface area contributed by atoms with Crippen molar-refractivity contribution in [3.63, 3.8) is 0 Å². The average Bonchev–Trinajstić information content (AvgIpc) is 2.68. The molecule has 1 amide bonds. The highest BCUT2D eigenvalue weighted by molar-refractivity contribution is 5.77. The molecule has 1 aromatic rings. The van der Waals surface area contributed by atoms with Crippen LogP contribution >= 0.6 is 0 Å². The largest absolute Gasteiger partial charge is 0.495 e. The molecule has 0 bridgehead atoms. The molecule has 5 heteroatoms. The number of carbonyl (C=O) groups is 1. The second kappa shape index (κ2) is 8.09. The zero-order valence-electron chi connectivity index (χ0n) is 15.4. The van der Waals surface area contributed by atoms with Gasteiger partial charge in [-0.15, -0.1) is 0 Å². The maximum atomic E-state index is 12.8. The lowest BCUT2D eigenvalue weighted by Crippen LogP contribution is -2.50. The van der Waals surface area contributed by atoms with Gasteiger partial charge in [0.2, 0.25) is 5.91 Å². The molecule has 1 heterocycles. The van der Waals surface area contributed by atoms with Crippen LogP contribution < -0.4 is 15.4 Å². The lowest BCUT2D eigenvalue weighted by molar-refractivity contribution is -0.134. The van der Waals surface area contributed by atoms with Crippen molar-refractivity contribution in [2.45, 2.75) is 38.5 Å². The van der Waals surface area contributed by atoms with Crippen molar-refractivity contribution in [1.82, 2.24) is 4.90 Å². The topological polar surface area (TPSA) is 58.8 Å². The van der Waals surface area contributed by atoms with E-state index in [0.717, 1.165) is 50.5 Å². The predicted molar refractivity (Wildman–Crippen MR) is 101 cm³/mol. The van der Waals surface area contributed by atoms with Crippen molar-refractivity contribution in [1.29, 1.82) is 0 Å². The third kappa shape index (κ3) is 4.09. The molecule has 0 aromatic heterocycles. The van der Waals surface area contributed by atoms with Crippen molar-refractivity contribution in [2.75, 3.05) is 44.7 Å². The highest BCUT2D eigenvalue weighted by atomic mass is 16.5. The van der Waals surface area contributed by atoms with E-state index in [0.29, 0.717) is 13.0 Å². The average molecular weight is 345 g/mol. The number of amides is 1. The van der Waals surface area contributed by atoms with Gasteiger partial charge in [0.1, 0.15) is 5.75 Å². The van der Waals surface area contributed by atoms with Crippen LogP contribution in [-0.4, -0.2) is 50.6 Å². The molecule has 1 saturated carbocycles. The van der Waals surface area contributed by atoms with Gasteiger partial charge in [0.05, 0.1) is 12.8 Å². The van der Waals surface area contributed by atoms with Crippen LogP contribution in [0, 0.1) is 5.41 Å². The van der Waals surface area contributed by atoms with Crippen LogP contribution in [0.5, 0.6) is 5.75 Å². The highest BCUT2D eigenvalue weighted by Crippen LogP contribution is 2.39. The molecular formula is C20H31N3O2. The fourth-order valence-electron chi connectivity index (χ4n) is 4.28. The van der Waals surface area contributed by atoms with Gasteiger partial charge < -0.3 is 20.3 Å². The van der Waals surface area contributed by atoms with E-state index in [1.165, 1.54) is 19.3 Å². The van der Waals surface area contributed by atoms with Gasteiger partial charge in [0.15, 0.2) is 0 Å². The van der Waals surface area contributed by atoms with Crippen LogP contribution in [0.25, 0.3) is 0 Å². The molecule has 1 aliphatic heterocycles. The number of para-hydroxylation sites is 2. The van der Waals surface area contributed by atoms with Gasteiger partial charge in [-0.3, -0.25) is 4.79 Å².